The first-order valence-corrected chi connectivity index (χ1v) is 3.28. The second-order valence-corrected chi connectivity index (χ2v) is 2.43. The standard InChI is InChI=1S/C5H4ClN5/c6-3-1-2-4(10-9-3)5(7)11-8-2/h1H,(H3,7,8,11). The second kappa shape index (κ2) is 2.06. The first-order valence-electron chi connectivity index (χ1n) is 2.90. The number of rotatable bonds is 0. The van der Waals surface area contributed by atoms with Gasteiger partial charge in [0.05, 0.1) is 5.52 Å². The molecule has 0 amide bonds. The van der Waals surface area contributed by atoms with Crippen molar-refractivity contribution in [2.75, 3.05) is 5.73 Å². The number of H-pyrrole nitrogens is 1. The molecular formula is C5H4ClN5. The van der Waals surface area contributed by atoms with E-state index in [0.29, 0.717) is 22.0 Å². The number of aromatic amines is 1. The van der Waals surface area contributed by atoms with E-state index in [-0.39, 0.29) is 0 Å². The molecule has 3 N–H and O–H groups in total. The SMILES string of the molecule is Nc1n[nH]c2cc(Cl)nnc12. The Hall–Kier alpha value is -1.36. The van der Waals surface area contributed by atoms with Crippen LogP contribution in [0.5, 0.6) is 0 Å². The van der Waals surface area contributed by atoms with Crippen LogP contribution in [-0.4, -0.2) is 20.4 Å². The van der Waals surface area contributed by atoms with Crippen LogP contribution in [0.4, 0.5) is 5.82 Å². The first-order chi connectivity index (χ1) is 5.27. The molecule has 2 aromatic heterocycles. The predicted molar refractivity (Wildman–Crippen MR) is 41.1 cm³/mol. The maximum absolute atomic E-state index is 5.57. The fourth-order valence-electron chi connectivity index (χ4n) is 0.816. The molecule has 0 bridgehead atoms. The number of halogens is 1. The van der Waals surface area contributed by atoms with Crippen molar-refractivity contribution in [1.29, 1.82) is 0 Å². The molecule has 6 heteroatoms. The number of aromatic nitrogens is 4. The van der Waals surface area contributed by atoms with Crippen LogP contribution >= 0.6 is 11.6 Å². The lowest BCUT2D eigenvalue weighted by atomic mass is 10.4. The molecule has 0 spiro atoms. The number of anilines is 1. The van der Waals surface area contributed by atoms with E-state index >= 15 is 0 Å². The highest BCUT2D eigenvalue weighted by molar-refractivity contribution is 6.29. The summed E-state index contributed by atoms with van der Waals surface area (Å²) in [4.78, 5) is 0. The quantitative estimate of drug-likeness (QED) is 0.605. The van der Waals surface area contributed by atoms with Gasteiger partial charge in [-0.2, -0.15) is 5.10 Å². The summed E-state index contributed by atoms with van der Waals surface area (Å²) in [5, 5.41) is 14.1. The lowest BCUT2D eigenvalue weighted by Gasteiger charge is -1.86. The van der Waals surface area contributed by atoms with Crippen molar-refractivity contribution >= 4 is 28.5 Å². The summed E-state index contributed by atoms with van der Waals surface area (Å²) in [6, 6.07) is 1.62. The summed E-state index contributed by atoms with van der Waals surface area (Å²) in [6.45, 7) is 0. The Morgan fingerprint density at radius 1 is 1.45 bits per heavy atom. The molecule has 2 rings (SSSR count). The number of nitrogens with two attached hydrogens (primary N) is 1. The molecule has 0 aliphatic rings. The number of hydrogen-bond acceptors (Lipinski definition) is 4. The van der Waals surface area contributed by atoms with E-state index in [0.717, 1.165) is 0 Å². The van der Waals surface area contributed by atoms with Crippen molar-refractivity contribution in [1.82, 2.24) is 20.4 Å². The zero-order valence-corrected chi connectivity index (χ0v) is 6.13. The highest BCUT2D eigenvalue weighted by Gasteiger charge is 2.03. The normalized spacial score (nSPS) is 10.6. The van der Waals surface area contributed by atoms with E-state index in [1.54, 1.807) is 6.07 Å². The summed E-state index contributed by atoms with van der Waals surface area (Å²) >= 11 is 5.57. The zero-order chi connectivity index (χ0) is 7.84. The van der Waals surface area contributed by atoms with E-state index in [1.807, 2.05) is 0 Å². The minimum Gasteiger partial charge on any atom is -0.380 e. The molecule has 11 heavy (non-hydrogen) atoms. The third-order valence-electron chi connectivity index (χ3n) is 1.30. The van der Waals surface area contributed by atoms with Crippen LogP contribution in [-0.2, 0) is 0 Å². The minimum absolute atomic E-state index is 0.321. The van der Waals surface area contributed by atoms with Crippen LogP contribution in [0.15, 0.2) is 6.07 Å². The largest absolute Gasteiger partial charge is 0.380 e. The van der Waals surface area contributed by atoms with Gasteiger partial charge in [-0.15, -0.1) is 10.2 Å². The molecule has 5 nitrogen and oxygen atoms in total. The number of nitrogens with zero attached hydrogens (tertiary/aromatic N) is 3. The molecule has 0 atom stereocenters. The van der Waals surface area contributed by atoms with Gasteiger partial charge >= 0.3 is 0 Å². The molecule has 0 fully saturated rings. The van der Waals surface area contributed by atoms with Crippen LogP contribution in [0.25, 0.3) is 11.0 Å². The fraction of sp³-hybridized carbons (Fsp3) is 0. The van der Waals surface area contributed by atoms with Gasteiger partial charge in [0.1, 0.15) is 0 Å². The van der Waals surface area contributed by atoms with Gasteiger partial charge in [0.25, 0.3) is 0 Å². The van der Waals surface area contributed by atoms with Crippen molar-refractivity contribution in [2.45, 2.75) is 0 Å². The Labute approximate surface area is 66.6 Å². The second-order valence-electron chi connectivity index (χ2n) is 2.04. The predicted octanol–water partition coefficient (Wildman–Crippen LogP) is 0.588. The van der Waals surface area contributed by atoms with Crippen LogP contribution in [0.3, 0.4) is 0 Å². The van der Waals surface area contributed by atoms with E-state index in [4.69, 9.17) is 17.3 Å². The van der Waals surface area contributed by atoms with Crippen LogP contribution in [0.1, 0.15) is 0 Å². The third kappa shape index (κ3) is 0.894. The van der Waals surface area contributed by atoms with Gasteiger partial charge in [-0.25, -0.2) is 0 Å². The molecule has 2 aromatic rings. The van der Waals surface area contributed by atoms with Gasteiger partial charge in [-0.1, -0.05) is 11.6 Å². The molecular weight excluding hydrogens is 166 g/mol. The zero-order valence-electron chi connectivity index (χ0n) is 5.37. The van der Waals surface area contributed by atoms with Gasteiger partial charge in [-0.05, 0) is 0 Å². The van der Waals surface area contributed by atoms with Crippen molar-refractivity contribution in [3.8, 4) is 0 Å². The van der Waals surface area contributed by atoms with Gasteiger partial charge < -0.3 is 5.73 Å². The lowest BCUT2D eigenvalue weighted by Crippen LogP contribution is -1.87. The highest BCUT2D eigenvalue weighted by Crippen LogP contribution is 2.15. The van der Waals surface area contributed by atoms with Gasteiger partial charge in [0, 0.05) is 6.07 Å². The summed E-state index contributed by atoms with van der Waals surface area (Å²) < 4.78 is 0. The number of nitrogens with one attached hydrogen (secondary N) is 1. The van der Waals surface area contributed by atoms with Crippen LogP contribution < -0.4 is 5.73 Å². The first kappa shape index (κ1) is 6.36. The van der Waals surface area contributed by atoms with Crippen molar-refractivity contribution < 1.29 is 0 Å². The Balaban J connectivity index is 2.86. The number of hydrogen-bond donors (Lipinski definition) is 2. The highest BCUT2D eigenvalue weighted by atomic mass is 35.5. The Kier molecular flexibility index (Phi) is 1.19. The molecule has 0 aliphatic heterocycles. The summed E-state index contributed by atoms with van der Waals surface area (Å²) in [6.07, 6.45) is 0. The van der Waals surface area contributed by atoms with Gasteiger partial charge in [0.2, 0.25) is 0 Å². The summed E-state index contributed by atoms with van der Waals surface area (Å²) in [7, 11) is 0. The lowest BCUT2D eigenvalue weighted by molar-refractivity contribution is 1.08. The summed E-state index contributed by atoms with van der Waals surface area (Å²) in [5.41, 5.74) is 6.69. The van der Waals surface area contributed by atoms with E-state index in [1.165, 1.54) is 0 Å². The Morgan fingerprint density at radius 2 is 2.27 bits per heavy atom. The Morgan fingerprint density at radius 3 is 3.09 bits per heavy atom. The summed E-state index contributed by atoms with van der Waals surface area (Å²) in [5.74, 6) is 0.337. The molecule has 56 valence electrons. The van der Waals surface area contributed by atoms with E-state index in [2.05, 4.69) is 20.4 Å². The number of fused-ring (bicyclic) bond motifs is 1. The minimum atomic E-state index is 0.321. The van der Waals surface area contributed by atoms with Crippen molar-refractivity contribution in [3.05, 3.63) is 11.2 Å². The van der Waals surface area contributed by atoms with Crippen molar-refractivity contribution in [3.63, 3.8) is 0 Å². The van der Waals surface area contributed by atoms with E-state index < -0.39 is 0 Å². The average molecular weight is 170 g/mol. The molecule has 2 heterocycles. The van der Waals surface area contributed by atoms with E-state index in [9.17, 15) is 0 Å². The monoisotopic (exact) mass is 169 g/mol. The number of nitrogen functional groups attached to an aromatic ring is 1. The van der Waals surface area contributed by atoms with Crippen molar-refractivity contribution in [2.24, 2.45) is 0 Å². The fourth-order valence-corrected chi connectivity index (χ4v) is 0.963. The average Bonchev–Trinajstić information content (AvgIpc) is 2.32. The molecule has 0 unspecified atom stereocenters. The molecule has 0 saturated heterocycles. The maximum atomic E-state index is 5.57. The topological polar surface area (TPSA) is 80.5 Å². The molecule has 0 radical (unpaired) electrons. The van der Waals surface area contributed by atoms with Crippen LogP contribution in [0.2, 0.25) is 5.15 Å². The smallest absolute Gasteiger partial charge is 0.173 e. The molecule has 0 aliphatic carbocycles. The van der Waals surface area contributed by atoms with Crippen LogP contribution in [0, 0.1) is 0 Å². The molecule has 0 saturated carbocycles. The van der Waals surface area contributed by atoms with Gasteiger partial charge in [0.15, 0.2) is 16.5 Å². The third-order valence-corrected chi connectivity index (χ3v) is 1.49. The maximum Gasteiger partial charge on any atom is 0.173 e. The molecule has 0 aromatic carbocycles. The Bertz CT molecular complexity index is 395. The van der Waals surface area contributed by atoms with Gasteiger partial charge in [-0.3, -0.25) is 5.10 Å².